The zero-order chi connectivity index (χ0) is 21.9. The molecule has 3 rings (SSSR count). The number of hydrogen-bond donors (Lipinski definition) is 2. The van der Waals surface area contributed by atoms with Crippen LogP contribution in [0.1, 0.15) is 36.7 Å². The molecule has 0 aliphatic carbocycles. The molecule has 156 valence electrons. The molecule has 0 saturated heterocycles. The van der Waals surface area contributed by atoms with Crippen LogP contribution >= 0.6 is 31.9 Å². The minimum Gasteiger partial charge on any atom is -0.322 e. The Bertz CT molecular complexity index is 1080. The van der Waals surface area contributed by atoms with Gasteiger partial charge in [0.1, 0.15) is 11.0 Å². The summed E-state index contributed by atoms with van der Waals surface area (Å²) < 4.78 is 17.5. The molecule has 4 nitrogen and oxygen atoms in total. The molecule has 0 radical (unpaired) electrons. The Morgan fingerprint density at radius 2 is 1.47 bits per heavy atom. The van der Waals surface area contributed by atoms with Crippen LogP contribution in [0.2, 0.25) is 0 Å². The summed E-state index contributed by atoms with van der Waals surface area (Å²) in [6, 6.07) is 20.2. The molecule has 1 unspecified atom stereocenters. The highest BCUT2D eigenvalue weighted by atomic mass is 79.9. The zero-order valence-corrected chi connectivity index (χ0v) is 20.8. The molecular formula is C23H22Br2N2O2S. The van der Waals surface area contributed by atoms with Gasteiger partial charge in [-0.15, -0.1) is 0 Å². The van der Waals surface area contributed by atoms with Gasteiger partial charge < -0.3 is 10.0 Å². The molecule has 1 amide bonds. The maximum absolute atomic E-state index is 12.9. The normalized spacial score (nSPS) is 12.3. The first-order valence-electron chi connectivity index (χ1n) is 9.29. The predicted octanol–water partition coefficient (Wildman–Crippen LogP) is 6.90. The van der Waals surface area contributed by atoms with Crippen LogP contribution in [0.25, 0.3) is 0 Å². The summed E-state index contributed by atoms with van der Waals surface area (Å²) >= 11 is 6.79. The van der Waals surface area contributed by atoms with E-state index in [0.717, 1.165) is 8.95 Å². The summed E-state index contributed by atoms with van der Waals surface area (Å²) in [5.74, 6) is -0.291. The van der Waals surface area contributed by atoms with Gasteiger partial charge >= 0.3 is 0 Å². The van der Waals surface area contributed by atoms with Gasteiger partial charge in [0, 0.05) is 14.6 Å². The molecule has 30 heavy (non-hydrogen) atoms. The Kier molecular flexibility index (Phi) is 7.16. The van der Waals surface area contributed by atoms with E-state index in [1.54, 1.807) is 18.2 Å². The minimum atomic E-state index is -1.50. The Morgan fingerprint density at radius 3 is 2.07 bits per heavy atom. The van der Waals surface area contributed by atoms with Crippen LogP contribution < -0.4 is 10.0 Å². The standard InChI is InChI=1S/C23H22Br2N2O2S/c1-23(2,3)15-4-11-19(12-5-15)30(29)27-21-13-8-17(25)14-20(21)22(28)26-18-9-6-16(24)7-10-18/h4-14,27H,1-3H3,(H,26,28). The first kappa shape index (κ1) is 22.7. The number of hydrogen-bond acceptors (Lipinski definition) is 2. The summed E-state index contributed by atoms with van der Waals surface area (Å²) in [6.07, 6.45) is 0. The van der Waals surface area contributed by atoms with Crippen LogP contribution in [0.5, 0.6) is 0 Å². The highest BCUT2D eigenvalue weighted by Crippen LogP contribution is 2.26. The van der Waals surface area contributed by atoms with Gasteiger partial charge in [-0.05, 0) is 65.6 Å². The van der Waals surface area contributed by atoms with Gasteiger partial charge in [0.15, 0.2) is 0 Å². The lowest BCUT2D eigenvalue weighted by atomic mass is 9.87. The molecule has 7 heteroatoms. The number of halogens is 2. The van der Waals surface area contributed by atoms with Crippen molar-refractivity contribution < 1.29 is 9.00 Å². The second kappa shape index (κ2) is 9.45. The molecule has 1 atom stereocenters. The fourth-order valence-electron chi connectivity index (χ4n) is 2.76. The molecule has 0 aliphatic rings. The lowest BCUT2D eigenvalue weighted by Crippen LogP contribution is -2.16. The van der Waals surface area contributed by atoms with Crippen molar-refractivity contribution in [3.63, 3.8) is 0 Å². The third kappa shape index (κ3) is 5.80. The molecule has 0 saturated carbocycles. The molecule has 0 aromatic heterocycles. The Morgan fingerprint density at radius 1 is 0.867 bits per heavy atom. The van der Waals surface area contributed by atoms with E-state index >= 15 is 0 Å². The summed E-state index contributed by atoms with van der Waals surface area (Å²) in [7, 11) is -1.50. The summed E-state index contributed by atoms with van der Waals surface area (Å²) in [5.41, 5.74) is 2.75. The molecule has 3 aromatic carbocycles. The van der Waals surface area contributed by atoms with Gasteiger partial charge in [-0.2, -0.15) is 0 Å². The van der Waals surface area contributed by atoms with Crippen LogP contribution in [-0.2, 0) is 16.4 Å². The monoisotopic (exact) mass is 548 g/mol. The van der Waals surface area contributed by atoms with E-state index in [9.17, 15) is 9.00 Å². The van der Waals surface area contributed by atoms with E-state index in [2.05, 4.69) is 62.7 Å². The van der Waals surface area contributed by atoms with Crippen LogP contribution in [-0.4, -0.2) is 10.1 Å². The lowest BCUT2D eigenvalue weighted by Gasteiger charge is -2.19. The zero-order valence-electron chi connectivity index (χ0n) is 16.8. The maximum atomic E-state index is 12.9. The summed E-state index contributed by atoms with van der Waals surface area (Å²) in [5, 5.41) is 2.87. The summed E-state index contributed by atoms with van der Waals surface area (Å²) in [4.78, 5) is 13.5. The fraction of sp³-hybridized carbons (Fsp3) is 0.174. The molecule has 0 bridgehead atoms. The van der Waals surface area contributed by atoms with Crippen LogP contribution in [0.4, 0.5) is 11.4 Å². The number of carbonyl (C=O) groups excluding carboxylic acids is 1. The average Bonchev–Trinajstić information content (AvgIpc) is 2.70. The highest BCUT2D eigenvalue weighted by Gasteiger charge is 2.17. The SMILES string of the molecule is CC(C)(C)c1ccc(S(=O)Nc2ccc(Br)cc2C(=O)Nc2ccc(Br)cc2)cc1. The Balaban J connectivity index is 1.81. The van der Waals surface area contributed by atoms with Gasteiger partial charge in [-0.1, -0.05) is 64.8 Å². The van der Waals surface area contributed by atoms with E-state index < -0.39 is 11.0 Å². The Labute approximate surface area is 196 Å². The van der Waals surface area contributed by atoms with E-state index in [0.29, 0.717) is 21.8 Å². The van der Waals surface area contributed by atoms with Gasteiger partial charge in [0.2, 0.25) is 0 Å². The number of carbonyl (C=O) groups is 1. The smallest absolute Gasteiger partial charge is 0.257 e. The van der Waals surface area contributed by atoms with Crippen molar-refractivity contribution in [3.8, 4) is 0 Å². The first-order chi connectivity index (χ1) is 14.1. The molecule has 0 heterocycles. The van der Waals surface area contributed by atoms with E-state index in [4.69, 9.17) is 0 Å². The molecule has 0 spiro atoms. The van der Waals surface area contributed by atoms with Crippen LogP contribution in [0, 0.1) is 0 Å². The quantitative estimate of drug-likeness (QED) is 0.364. The lowest BCUT2D eigenvalue weighted by molar-refractivity contribution is 0.102. The third-order valence-electron chi connectivity index (χ3n) is 4.47. The topological polar surface area (TPSA) is 58.2 Å². The number of anilines is 2. The van der Waals surface area contributed by atoms with E-state index in [-0.39, 0.29) is 11.3 Å². The molecule has 0 aliphatic heterocycles. The largest absolute Gasteiger partial charge is 0.322 e. The molecule has 3 aromatic rings. The van der Waals surface area contributed by atoms with Crippen molar-refractivity contribution in [1.29, 1.82) is 0 Å². The number of benzene rings is 3. The maximum Gasteiger partial charge on any atom is 0.257 e. The Hall–Kier alpha value is -1.96. The van der Waals surface area contributed by atoms with Crippen LogP contribution in [0.3, 0.4) is 0 Å². The van der Waals surface area contributed by atoms with Gasteiger partial charge in [-0.3, -0.25) is 4.79 Å². The second-order valence-corrected chi connectivity index (χ2v) is 10.8. The van der Waals surface area contributed by atoms with Crippen molar-refractivity contribution in [2.45, 2.75) is 31.1 Å². The predicted molar refractivity (Wildman–Crippen MR) is 131 cm³/mol. The highest BCUT2D eigenvalue weighted by molar-refractivity contribution is 9.10. The van der Waals surface area contributed by atoms with Crippen molar-refractivity contribution in [1.82, 2.24) is 0 Å². The minimum absolute atomic E-state index is 0.0252. The molecular weight excluding hydrogens is 528 g/mol. The summed E-state index contributed by atoms with van der Waals surface area (Å²) in [6.45, 7) is 6.40. The number of nitrogens with one attached hydrogen (secondary N) is 2. The second-order valence-electron chi connectivity index (χ2n) is 7.80. The average molecular weight is 550 g/mol. The molecule has 0 fully saturated rings. The van der Waals surface area contributed by atoms with E-state index in [1.165, 1.54) is 5.56 Å². The van der Waals surface area contributed by atoms with Crippen molar-refractivity contribution >= 4 is 60.1 Å². The van der Waals surface area contributed by atoms with Crippen molar-refractivity contribution in [2.24, 2.45) is 0 Å². The van der Waals surface area contributed by atoms with Gasteiger partial charge in [0.05, 0.1) is 16.1 Å². The third-order valence-corrected chi connectivity index (χ3v) is 6.59. The molecule has 2 N–H and O–H groups in total. The van der Waals surface area contributed by atoms with Crippen molar-refractivity contribution in [2.75, 3.05) is 10.0 Å². The fourth-order valence-corrected chi connectivity index (χ4v) is 4.27. The number of amides is 1. The van der Waals surface area contributed by atoms with Crippen molar-refractivity contribution in [3.05, 3.63) is 86.8 Å². The van der Waals surface area contributed by atoms with E-state index in [1.807, 2.05) is 48.5 Å². The van der Waals surface area contributed by atoms with Crippen LogP contribution in [0.15, 0.2) is 80.6 Å². The van der Waals surface area contributed by atoms with Gasteiger partial charge in [-0.25, -0.2) is 4.21 Å². The number of rotatable bonds is 5. The first-order valence-corrected chi connectivity index (χ1v) is 12.0. The van der Waals surface area contributed by atoms with Gasteiger partial charge in [0.25, 0.3) is 5.91 Å².